The van der Waals surface area contributed by atoms with Crippen LogP contribution in [0.3, 0.4) is 0 Å². The molecule has 1 aromatic carbocycles. The zero-order valence-electron chi connectivity index (χ0n) is 19.9. The maximum absolute atomic E-state index is 14.1. The summed E-state index contributed by atoms with van der Waals surface area (Å²) in [5.74, 6) is -0.279. The Bertz CT molecular complexity index is 1700. The zero-order chi connectivity index (χ0) is 24.6. The van der Waals surface area contributed by atoms with Crippen molar-refractivity contribution in [3.05, 3.63) is 84.1 Å². The number of rotatable bonds is 6. The van der Waals surface area contributed by atoms with Crippen molar-refractivity contribution >= 4 is 21.9 Å². The number of fused-ring (bicyclic) bond motifs is 2. The zero-order valence-corrected chi connectivity index (χ0v) is 19.9. The Kier molecular flexibility index (Phi) is 5.50. The second-order valence-corrected chi connectivity index (χ2v) is 8.85. The first kappa shape index (κ1) is 22.1. The molecule has 36 heavy (non-hydrogen) atoms. The van der Waals surface area contributed by atoms with Crippen LogP contribution in [-0.4, -0.2) is 36.7 Å². The lowest BCUT2D eigenvalue weighted by molar-refractivity contribution is 0.627. The van der Waals surface area contributed by atoms with Gasteiger partial charge in [-0.3, -0.25) is 15.1 Å². The number of H-pyrrole nitrogens is 2. The van der Waals surface area contributed by atoms with Crippen molar-refractivity contribution in [1.82, 2.24) is 35.5 Å². The highest BCUT2D eigenvalue weighted by atomic mass is 19.1. The van der Waals surface area contributed by atoms with Crippen LogP contribution < -0.4 is 5.32 Å². The summed E-state index contributed by atoms with van der Waals surface area (Å²) in [6.07, 6.45) is 5.42. The van der Waals surface area contributed by atoms with Gasteiger partial charge in [0.05, 0.1) is 22.6 Å². The molecule has 5 aromatic heterocycles. The topological polar surface area (TPSA) is 95.2 Å². The fourth-order valence-electron chi connectivity index (χ4n) is 4.53. The Morgan fingerprint density at radius 1 is 0.944 bits per heavy atom. The van der Waals surface area contributed by atoms with Crippen molar-refractivity contribution in [3.8, 4) is 33.9 Å². The number of nitrogens with one attached hydrogen (secondary N) is 3. The van der Waals surface area contributed by atoms with Crippen LogP contribution in [0.2, 0.25) is 0 Å². The number of aryl methyl sites for hydroxylation is 1. The van der Waals surface area contributed by atoms with E-state index in [0.717, 1.165) is 74.4 Å². The minimum absolute atomic E-state index is 0.279. The summed E-state index contributed by atoms with van der Waals surface area (Å²) in [5, 5.41) is 11.9. The average molecular weight is 478 g/mol. The van der Waals surface area contributed by atoms with Gasteiger partial charge in [-0.15, -0.1) is 0 Å². The van der Waals surface area contributed by atoms with Gasteiger partial charge in [0.15, 0.2) is 0 Å². The molecule has 0 aliphatic rings. The van der Waals surface area contributed by atoms with E-state index in [4.69, 9.17) is 4.98 Å². The largest absolute Gasteiger partial charge is 0.353 e. The van der Waals surface area contributed by atoms with E-state index in [9.17, 15) is 4.39 Å². The number of pyridine rings is 3. The fourth-order valence-corrected chi connectivity index (χ4v) is 4.53. The molecule has 0 radical (unpaired) electrons. The van der Waals surface area contributed by atoms with Crippen LogP contribution in [0.4, 0.5) is 4.39 Å². The lowest BCUT2D eigenvalue weighted by atomic mass is 10.0. The Hall–Kier alpha value is -4.43. The lowest BCUT2D eigenvalue weighted by Crippen LogP contribution is -2.11. The van der Waals surface area contributed by atoms with E-state index in [2.05, 4.69) is 43.5 Å². The first-order chi connectivity index (χ1) is 17.6. The van der Waals surface area contributed by atoms with Crippen LogP contribution in [0, 0.1) is 12.7 Å². The normalized spacial score (nSPS) is 11.5. The van der Waals surface area contributed by atoms with Gasteiger partial charge in [-0.2, -0.15) is 5.10 Å². The van der Waals surface area contributed by atoms with E-state index < -0.39 is 0 Å². The highest BCUT2D eigenvalue weighted by Crippen LogP contribution is 2.33. The van der Waals surface area contributed by atoms with Crippen molar-refractivity contribution in [2.24, 2.45) is 0 Å². The van der Waals surface area contributed by atoms with Crippen LogP contribution in [0.25, 0.3) is 55.8 Å². The molecule has 3 N–H and O–H groups in total. The second-order valence-electron chi connectivity index (χ2n) is 8.85. The average Bonchev–Trinajstić information content (AvgIpc) is 3.50. The number of nitrogens with zero attached hydrogens (tertiary/aromatic N) is 4. The molecule has 0 bridgehead atoms. The van der Waals surface area contributed by atoms with Gasteiger partial charge in [0.25, 0.3) is 0 Å². The van der Waals surface area contributed by atoms with Gasteiger partial charge in [0.1, 0.15) is 17.0 Å². The molecule has 0 fully saturated rings. The highest BCUT2D eigenvalue weighted by Gasteiger charge is 2.16. The third kappa shape index (κ3) is 4.01. The molecule has 8 heteroatoms. The van der Waals surface area contributed by atoms with E-state index in [-0.39, 0.29) is 5.82 Å². The van der Waals surface area contributed by atoms with Gasteiger partial charge in [0, 0.05) is 47.2 Å². The lowest BCUT2D eigenvalue weighted by Gasteiger charge is -2.05. The molecule has 178 valence electrons. The summed E-state index contributed by atoms with van der Waals surface area (Å²) in [6.45, 7) is 5.61. The number of halogens is 1. The van der Waals surface area contributed by atoms with Crippen molar-refractivity contribution in [2.45, 2.75) is 20.4 Å². The van der Waals surface area contributed by atoms with Crippen molar-refractivity contribution in [1.29, 1.82) is 0 Å². The predicted molar refractivity (Wildman–Crippen MR) is 140 cm³/mol. The number of aromatic amines is 2. The molecule has 6 aromatic rings. The molecule has 7 nitrogen and oxygen atoms in total. The number of hydrogen-bond donors (Lipinski definition) is 3. The van der Waals surface area contributed by atoms with E-state index in [1.165, 1.54) is 12.1 Å². The van der Waals surface area contributed by atoms with E-state index in [1.807, 2.05) is 49.6 Å². The molecular weight excluding hydrogens is 453 g/mol. The smallest absolute Gasteiger partial charge is 0.135 e. The van der Waals surface area contributed by atoms with E-state index in [0.29, 0.717) is 5.69 Å². The van der Waals surface area contributed by atoms with Gasteiger partial charge < -0.3 is 10.3 Å². The fraction of sp³-hybridized carbons (Fsp3) is 0.143. The maximum atomic E-state index is 14.1. The third-order valence-corrected chi connectivity index (χ3v) is 6.20. The monoisotopic (exact) mass is 477 g/mol. The van der Waals surface area contributed by atoms with E-state index >= 15 is 0 Å². The third-order valence-electron chi connectivity index (χ3n) is 6.20. The molecule has 0 aliphatic heterocycles. The highest BCUT2D eigenvalue weighted by molar-refractivity contribution is 5.99. The van der Waals surface area contributed by atoms with Crippen LogP contribution in [0.15, 0.2) is 67.1 Å². The number of benzene rings is 1. The second kappa shape index (κ2) is 8.98. The Morgan fingerprint density at radius 2 is 1.86 bits per heavy atom. The Morgan fingerprint density at radius 3 is 2.72 bits per heavy atom. The van der Waals surface area contributed by atoms with E-state index in [1.54, 1.807) is 6.20 Å². The summed E-state index contributed by atoms with van der Waals surface area (Å²) in [5.41, 5.74) is 9.18. The van der Waals surface area contributed by atoms with Gasteiger partial charge in [-0.05, 0) is 73.1 Å². The molecule has 0 unspecified atom stereocenters. The standard InChI is InChI=1S/C28H24FN7/c1-3-30-13-17-10-19(15-31-14-17)22-4-5-24-27(34-22)28(36-35-24)25-12-21-23(33-25)6-7-32-26(21)18-8-16(2)9-20(29)11-18/h4-12,14-15,30,33H,3,13H2,1-2H3,(H,35,36). The van der Waals surface area contributed by atoms with Crippen molar-refractivity contribution < 1.29 is 4.39 Å². The number of hydrogen-bond acceptors (Lipinski definition) is 5. The van der Waals surface area contributed by atoms with Crippen LogP contribution >= 0.6 is 0 Å². The van der Waals surface area contributed by atoms with Gasteiger partial charge in [-0.25, -0.2) is 9.37 Å². The van der Waals surface area contributed by atoms with Crippen molar-refractivity contribution in [3.63, 3.8) is 0 Å². The molecule has 0 amide bonds. The summed E-state index contributed by atoms with van der Waals surface area (Å²) in [4.78, 5) is 17.3. The molecule has 0 aliphatic carbocycles. The first-order valence-electron chi connectivity index (χ1n) is 11.8. The quantitative estimate of drug-likeness (QED) is 0.282. The molecule has 0 atom stereocenters. The van der Waals surface area contributed by atoms with Crippen LogP contribution in [-0.2, 0) is 6.54 Å². The predicted octanol–water partition coefficient (Wildman–Crippen LogP) is 5.79. The summed E-state index contributed by atoms with van der Waals surface area (Å²) >= 11 is 0. The summed E-state index contributed by atoms with van der Waals surface area (Å²) in [6, 6.07) is 14.9. The molecule has 0 spiro atoms. The molecular formula is C28H24FN7. The molecule has 0 saturated heterocycles. The van der Waals surface area contributed by atoms with Crippen LogP contribution in [0.5, 0.6) is 0 Å². The van der Waals surface area contributed by atoms with Crippen molar-refractivity contribution in [2.75, 3.05) is 6.54 Å². The SMILES string of the molecule is CCNCc1cncc(-c2ccc3[nH]nc(-c4cc5c(-c6cc(C)cc(F)c6)nccc5[nH]4)c3n2)c1. The first-order valence-corrected chi connectivity index (χ1v) is 11.8. The summed E-state index contributed by atoms with van der Waals surface area (Å²) < 4.78 is 14.1. The maximum Gasteiger partial charge on any atom is 0.135 e. The Balaban J connectivity index is 1.44. The summed E-state index contributed by atoms with van der Waals surface area (Å²) in [7, 11) is 0. The molecule has 0 saturated carbocycles. The number of aromatic nitrogens is 6. The molecule has 6 rings (SSSR count). The van der Waals surface area contributed by atoms with Gasteiger partial charge >= 0.3 is 0 Å². The van der Waals surface area contributed by atoms with Gasteiger partial charge in [0.2, 0.25) is 0 Å². The van der Waals surface area contributed by atoms with Gasteiger partial charge in [-0.1, -0.05) is 6.92 Å². The Labute approximate surface area is 206 Å². The minimum Gasteiger partial charge on any atom is -0.353 e. The molecule has 5 heterocycles. The van der Waals surface area contributed by atoms with Crippen LogP contribution in [0.1, 0.15) is 18.1 Å². The minimum atomic E-state index is -0.279.